The van der Waals surface area contributed by atoms with Gasteiger partial charge < -0.3 is 10.6 Å². The molecule has 0 spiro atoms. The quantitative estimate of drug-likeness (QED) is 0.580. The molecule has 1 saturated heterocycles. The SMILES string of the molecule is CNC1CNCC(C(C)=O)C1. The van der Waals surface area contributed by atoms with Crippen LogP contribution in [0.25, 0.3) is 0 Å². The highest BCUT2D eigenvalue weighted by Gasteiger charge is 2.22. The van der Waals surface area contributed by atoms with E-state index in [1.54, 1.807) is 6.92 Å². The lowest BCUT2D eigenvalue weighted by atomic mass is 9.93. The molecular formula is C8H16N2O. The second-order valence-electron chi connectivity index (χ2n) is 3.19. The number of hydrogen-bond acceptors (Lipinski definition) is 3. The number of rotatable bonds is 2. The van der Waals surface area contributed by atoms with Gasteiger partial charge >= 0.3 is 0 Å². The van der Waals surface area contributed by atoms with Crippen molar-refractivity contribution in [3.8, 4) is 0 Å². The lowest BCUT2D eigenvalue weighted by Crippen LogP contribution is -2.47. The molecule has 0 aromatic heterocycles. The molecule has 0 saturated carbocycles. The summed E-state index contributed by atoms with van der Waals surface area (Å²) in [7, 11) is 1.94. The topological polar surface area (TPSA) is 41.1 Å². The summed E-state index contributed by atoms with van der Waals surface area (Å²) in [5, 5.41) is 6.41. The number of likely N-dealkylation sites (N-methyl/N-ethyl adjacent to an activating group) is 1. The minimum Gasteiger partial charge on any atom is -0.316 e. The molecule has 0 aromatic rings. The number of Topliss-reactive ketones (excluding diaryl/α,β-unsaturated/α-hetero) is 1. The number of piperidine rings is 1. The van der Waals surface area contributed by atoms with E-state index < -0.39 is 0 Å². The van der Waals surface area contributed by atoms with Gasteiger partial charge in [-0.05, 0) is 20.4 Å². The van der Waals surface area contributed by atoms with Crippen LogP contribution >= 0.6 is 0 Å². The van der Waals surface area contributed by atoms with Gasteiger partial charge in [-0.25, -0.2) is 0 Å². The molecule has 2 atom stereocenters. The maximum atomic E-state index is 11.0. The van der Waals surface area contributed by atoms with E-state index in [1.165, 1.54) is 0 Å². The van der Waals surface area contributed by atoms with E-state index in [0.717, 1.165) is 19.5 Å². The molecule has 11 heavy (non-hydrogen) atoms. The highest BCUT2D eigenvalue weighted by atomic mass is 16.1. The van der Waals surface area contributed by atoms with Crippen LogP contribution < -0.4 is 10.6 Å². The fraction of sp³-hybridized carbons (Fsp3) is 0.875. The maximum Gasteiger partial charge on any atom is 0.134 e. The average molecular weight is 156 g/mol. The molecule has 0 aliphatic carbocycles. The van der Waals surface area contributed by atoms with Crippen molar-refractivity contribution in [2.75, 3.05) is 20.1 Å². The Kier molecular flexibility index (Phi) is 3.02. The predicted molar refractivity (Wildman–Crippen MR) is 44.5 cm³/mol. The molecule has 2 N–H and O–H groups in total. The van der Waals surface area contributed by atoms with Crippen LogP contribution in [0, 0.1) is 5.92 Å². The molecule has 2 unspecified atom stereocenters. The third-order valence-electron chi connectivity index (χ3n) is 2.33. The Bertz CT molecular complexity index is 147. The average Bonchev–Trinajstić information content (AvgIpc) is 2.05. The molecule has 1 aliphatic heterocycles. The van der Waals surface area contributed by atoms with E-state index >= 15 is 0 Å². The van der Waals surface area contributed by atoms with Gasteiger partial charge in [0.25, 0.3) is 0 Å². The Hall–Kier alpha value is -0.410. The molecule has 0 aromatic carbocycles. The van der Waals surface area contributed by atoms with Crippen molar-refractivity contribution in [1.82, 2.24) is 10.6 Å². The van der Waals surface area contributed by atoms with E-state index in [4.69, 9.17) is 0 Å². The van der Waals surface area contributed by atoms with Crippen molar-refractivity contribution in [1.29, 1.82) is 0 Å². The number of nitrogens with one attached hydrogen (secondary N) is 2. The third kappa shape index (κ3) is 2.27. The summed E-state index contributed by atoms with van der Waals surface area (Å²) >= 11 is 0. The number of carbonyl (C=O) groups excluding carboxylic acids is 1. The minimum atomic E-state index is 0.223. The highest BCUT2D eigenvalue weighted by molar-refractivity contribution is 5.78. The fourth-order valence-electron chi connectivity index (χ4n) is 1.47. The second-order valence-corrected chi connectivity index (χ2v) is 3.19. The number of hydrogen-bond donors (Lipinski definition) is 2. The van der Waals surface area contributed by atoms with Crippen molar-refractivity contribution in [2.45, 2.75) is 19.4 Å². The van der Waals surface area contributed by atoms with Crippen molar-refractivity contribution in [2.24, 2.45) is 5.92 Å². The van der Waals surface area contributed by atoms with Crippen molar-refractivity contribution in [3.63, 3.8) is 0 Å². The standard InChI is InChI=1S/C8H16N2O/c1-6(11)7-3-8(9-2)5-10-4-7/h7-10H,3-5H2,1-2H3. The largest absolute Gasteiger partial charge is 0.316 e. The summed E-state index contributed by atoms with van der Waals surface area (Å²) in [6.07, 6.45) is 0.985. The van der Waals surface area contributed by atoms with Crippen LogP contribution in [0.2, 0.25) is 0 Å². The van der Waals surface area contributed by atoms with Crippen LogP contribution in [0.4, 0.5) is 0 Å². The Morgan fingerprint density at radius 3 is 2.82 bits per heavy atom. The second kappa shape index (κ2) is 3.83. The first-order valence-corrected chi connectivity index (χ1v) is 4.12. The van der Waals surface area contributed by atoms with Gasteiger partial charge in [0.1, 0.15) is 5.78 Å². The zero-order valence-electron chi connectivity index (χ0n) is 7.18. The summed E-state index contributed by atoms with van der Waals surface area (Å²) in [6, 6.07) is 0.470. The monoisotopic (exact) mass is 156 g/mol. The van der Waals surface area contributed by atoms with E-state index in [1.807, 2.05) is 7.05 Å². The molecule has 64 valence electrons. The lowest BCUT2D eigenvalue weighted by Gasteiger charge is -2.27. The smallest absolute Gasteiger partial charge is 0.134 e. The summed E-state index contributed by atoms with van der Waals surface area (Å²) in [5.41, 5.74) is 0. The summed E-state index contributed by atoms with van der Waals surface area (Å²) in [6.45, 7) is 3.51. The van der Waals surface area contributed by atoms with Gasteiger partial charge in [0.15, 0.2) is 0 Å². The zero-order valence-corrected chi connectivity index (χ0v) is 7.18. The number of carbonyl (C=O) groups is 1. The Balaban J connectivity index is 2.39. The first kappa shape index (κ1) is 8.68. The molecule has 0 radical (unpaired) electrons. The fourth-order valence-corrected chi connectivity index (χ4v) is 1.47. The number of ketones is 1. The normalized spacial score (nSPS) is 31.8. The van der Waals surface area contributed by atoms with Crippen LogP contribution in [0.5, 0.6) is 0 Å². The zero-order chi connectivity index (χ0) is 8.27. The van der Waals surface area contributed by atoms with Crippen LogP contribution in [0.15, 0.2) is 0 Å². The molecular weight excluding hydrogens is 140 g/mol. The molecule has 1 aliphatic rings. The van der Waals surface area contributed by atoms with Crippen molar-refractivity contribution < 1.29 is 4.79 Å². The molecule has 1 heterocycles. The van der Waals surface area contributed by atoms with E-state index in [0.29, 0.717) is 11.8 Å². The molecule has 1 fully saturated rings. The first-order valence-electron chi connectivity index (χ1n) is 4.12. The van der Waals surface area contributed by atoms with Gasteiger partial charge in [-0.3, -0.25) is 4.79 Å². The van der Waals surface area contributed by atoms with Crippen LogP contribution in [0.3, 0.4) is 0 Å². The molecule has 3 nitrogen and oxygen atoms in total. The third-order valence-corrected chi connectivity index (χ3v) is 2.33. The van der Waals surface area contributed by atoms with E-state index in [-0.39, 0.29) is 5.92 Å². The van der Waals surface area contributed by atoms with Crippen LogP contribution in [-0.2, 0) is 4.79 Å². The van der Waals surface area contributed by atoms with E-state index in [9.17, 15) is 4.79 Å². The summed E-state index contributed by atoms with van der Waals surface area (Å²) < 4.78 is 0. The minimum absolute atomic E-state index is 0.223. The van der Waals surface area contributed by atoms with Gasteiger partial charge in [-0.1, -0.05) is 0 Å². The molecule has 1 rings (SSSR count). The summed E-state index contributed by atoms with van der Waals surface area (Å²) in [4.78, 5) is 11.0. The van der Waals surface area contributed by atoms with E-state index in [2.05, 4.69) is 10.6 Å². The Labute approximate surface area is 67.5 Å². The lowest BCUT2D eigenvalue weighted by molar-refractivity contribution is -0.121. The van der Waals surface area contributed by atoms with Crippen LogP contribution in [0.1, 0.15) is 13.3 Å². The predicted octanol–water partition coefficient (Wildman–Crippen LogP) is -0.227. The van der Waals surface area contributed by atoms with Gasteiger partial charge in [-0.2, -0.15) is 0 Å². The van der Waals surface area contributed by atoms with Crippen molar-refractivity contribution in [3.05, 3.63) is 0 Å². The molecule has 0 amide bonds. The van der Waals surface area contributed by atoms with Crippen molar-refractivity contribution >= 4 is 5.78 Å². The summed E-state index contributed by atoms with van der Waals surface area (Å²) in [5.74, 6) is 0.527. The van der Waals surface area contributed by atoms with Gasteiger partial charge in [-0.15, -0.1) is 0 Å². The molecule has 0 bridgehead atoms. The Morgan fingerprint density at radius 1 is 1.55 bits per heavy atom. The first-order chi connectivity index (χ1) is 5.24. The van der Waals surface area contributed by atoms with Crippen LogP contribution in [-0.4, -0.2) is 32.0 Å². The van der Waals surface area contributed by atoms with Gasteiger partial charge in [0, 0.05) is 25.0 Å². The molecule has 3 heteroatoms. The maximum absolute atomic E-state index is 11.0. The Morgan fingerprint density at radius 2 is 2.27 bits per heavy atom. The highest BCUT2D eigenvalue weighted by Crippen LogP contribution is 2.10. The van der Waals surface area contributed by atoms with Gasteiger partial charge in [0.2, 0.25) is 0 Å². The van der Waals surface area contributed by atoms with Gasteiger partial charge in [0.05, 0.1) is 0 Å².